The van der Waals surface area contributed by atoms with Gasteiger partial charge < -0.3 is 15.2 Å². The first kappa shape index (κ1) is 25.6. The number of aliphatic carboxylic acids is 1. The number of amides is 1. The summed E-state index contributed by atoms with van der Waals surface area (Å²) in [5, 5.41) is 18.8. The molecule has 2 aliphatic rings. The van der Waals surface area contributed by atoms with Crippen LogP contribution in [0.5, 0.6) is 5.75 Å². The van der Waals surface area contributed by atoms with E-state index in [0.29, 0.717) is 17.7 Å². The van der Waals surface area contributed by atoms with Crippen LogP contribution in [-0.4, -0.2) is 47.4 Å². The lowest BCUT2D eigenvalue weighted by Crippen LogP contribution is -2.34. The smallest absolute Gasteiger partial charge is 0.303 e. The molecule has 1 fully saturated rings. The van der Waals surface area contributed by atoms with Gasteiger partial charge in [-0.2, -0.15) is 5.10 Å². The van der Waals surface area contributed by atoms with E-state index in [9.17, 15) is 14.7 Å². The topological polar surface area (TPSA) is 91.2 Å². The second kappa shape index (κ2) is 11.9. The first-order valence-corrected chi connectivity index (χ1v) is 11.7. The molecule has 2 N–H and O–H groups in total. The number of anilines is 1. The number of fused-ring (bicyclic) bond motifs is 1. The van der Waals surface area contributed by atoms with Gasteiger partial charge in [0.25, 0.3) is 5.91 Å². The van der Waals surface area contributed by atoms with Crippen LogP contribution in [0.2, 0.25) is 0 Å². The first-order valence-electron chi connectivity index (χ1n) is 11.7. The third-order valence-electron chi connectivity index (χ3n) is 6.32. The Bertz CT molecular complexity index is 1020. The Labute approximate surface area is 206 Å². The molecular formula is C26H32ClN3O4. The Kier molecular flexibility index (Phi) is 8.93. The van der Waals surface area contributed by atoms with Crippen LogP contribution in [0, 0.1) is 5.92 Å². The number of rotatable bonds is 7. The number of piperidine rings is 1. The number of halogens is 1. The lowest BCUT2D eigenvalue weighted by molar-refractivity contribution is -0.139. The quantitative estimate of drug-likeness (QED) is 0.539. The minimum Gasteiger partial charge on any atom is -0.490 e. The van der Waals surface area contributed by atoms with Crippen LogP contribution in [0.4, 0.5) is 5.69 Å². The molecule has 2 atom stereocenters. The maximum absolute atomic E-state index is 12.7. The summed E-state index contributed by atoms with van der Waals surface area (Å²) in [6.07, 6.45) is 6.83. The van der Waals surface area contributed by atoms with E-state index >= 15 is 0 Å². The molecule has 0 spiro atoms. The molecule has 0 saturated carbocycles. The number of carbonyl (C=O) groups excluding carboxylic acids is 1. The number of hydrogen-bond acceptors (Lipinski definition) is 5. The molecule has 7 nitrogen and oxygen atoms in total. The van der Waals surface area contributed by atoms with Crippen LogP contribution in [0.15, 0.2) is 47.6 Å². The molecule has 4 rings (SSSR count). The number of nitrogens with one attached hydrogen (secondary N) is 1. The van der Waals surface area contributed by atoms with Crippen molar-refractivity contribution in [1.82, 2.24) is 5.01 Å². The van der Waals surface area contributed by atoms with E-state index in [0.717, 1.165) is 36.4 Å². The van der Waals surface area contributed by atoms with Gasteiger partial charge in [0.05, 0.1) is 12.6 Å². The zero-order valence-electron chi connectivity index (χ0n) is 19.4. The van der Waals surface area contributed by atoms with Gasteiger partial charge in [-0.3, -0.25) is 14.6 Å². The van der Waals surface area contributed by atoms with E-state index in [1.807, 2.05) is 43.5 Å². The number of carboxylic acid groups (broad SMARTS) is 1. The van der Waals surface area contributed by atoms with Crippen molar-refractivity contribution in [1.29, 1.82) is 0 Å². The summed E-state index contributed by atoms with van der Waals surface area (Å²) in [5.41, 5.74) is 3.11. The maximum atomic E-state index is 12.7. The third kappa shape index (κ3) is 6.50. The molecule has 1 saturated heterocycles. The largest absolute Gasteiger partial charge is 0.490 e. The van der Waals surface area contributed by atoms with Crippen LogP contribution >= 0.6 is 12.4 Å². The molecular weight excluding hydrogens is 454 g/mol. The molecule has 0 bridgehead atoms. The second-order valence-corrected chi connectivity index (χ2v) is 8.78. The highest BCUT2D eigenvalue weighted by Crippen LogP contribution is 2.35. The average molecular weight is 486 g/mol. The lowest BCUT2D eigenvalue weighted by atomic mass is 9.87. The Hall–Kier alpha value is -3.06. The van der Waals surface area contributed by atoms with Crippen molar-refractivity contribution in [2.75, 3.05) is 18.4 Å². The minimum absolute atomic E-state index is 0. The van der Waals surface area contributed by atoms with Crippen molar-refractivity contribution in [3.63, 3.8) is 0 Å². The summed E-state index contributed by atoms with van der Waals surface area (Å²) < 4.78 is 6.03. The summed E-state index contributed by atoms with van der Waals surface area (Å²) in [5.74, 6) is -0.331. The molecule has 2 aromatic rings. The highest BCUT2D eigenvalue weighted by molar-refractivity contribution is 6.04. The number of hydrazone groups is 1. The minimum atomic E-state index is -0.820. The molecule has 2 heterocycles. The molecule has 1 amide bonds. The maximum Gasteiger partial charge on any atom is 0.303 e. The van der Waals surface area contributed by atoms with E-state index in [1.165, 1.54) is 19.3 Å². The van der Waals surface area contributed by atoms with Gasteiger partial charge in [0, 0.05) is 30.3 Å². The number of nitrogens with zero attached hydrogens (tertiary/aromatic N) is 2. The molecule has 34 heavy (non-hydrogen) atoms. The number of hydrogen-bond donors (Lipinski definition) is 2. The van der Waals surface area contributed by atoms with Crippen LogP contribution in [-0.2, 0) is 11.2 Å². The number of ether oxygens (including phenoxy) is 1. The summed E-state index contributed by atoms with van der Waals surface area (Å²) in [6, 6.07) is 12.9. The fraction of sp³-hybridized carbons (Fsp3) is 0.423. The Morgan fingerprint density at radius 2 is 1.88 bits per heavy atom. The van der Waals surface area contributed by atoms with Gasteiger partial charge >= 0.3 is 5.97 Å². The van der Waals surface area contributed by atoms with E-state index < -0.39 is 5.97 Å². The third-order valence-corrected chi connectivity index (χ3v) is 6.32. The molecule has 0 aliphatic carbocycles. The zero-order chi connectivity index (χ0) is 23.2. The summed E-state index contributed by atoms with van der Waals surface area (Å²) >= 11 is 0. The Morgan fingerprint density at radius 3 is 2.56 bits per heavy atom. The van der Waals surface area contributed by atoms with E-state index in [4.69, 9.17) is 4.74 Å². The van der Waals surface area contributed by atoms with Crippen LogP contribution in [0.25, 0.3) is 0 Å². The normalized spacial score (nSPS) is 19.6. The first-order chi connectivity index (χ1) is 16.0. The predicted molar refractivity (Wildman–Crippen MR) is 135 cm³/mol. The lowest BCUT2D eigenvalue weighted by Gasteiger charge is -2.32. The van der Waals surface area contributed by atoms with Crippen molar-refractivity contribution in [2.45, 2.75) is 51.6 Å². The standard InChI is InChI=1S/C26H31N3O4.ClH/c1-2-23-21(16-25(30)31)14-20-15-22(10-11-24(20)33-23)28-26(32)19-8-6-18(7-9-19)17-27-29-12-4-3-5-13-29;/h6-11,15,17,21,23H,2-5,12-14,16H2,1H3,(H,28,32)(H,30,31);1H. The SMILES string of the molecule is CCC1Oc2ccc(NC(=O)c3ccc(C=NN4CCCCC4)cc3)cc2CC1CC(=O)O.Cl. The average Bonchev–Trinajstić information content (AvgIpc) is 2.83. The molecule has 2 aromatic carbocycles. The highest BCUT2D eigenvalue weighted by atomic mass is 35.5. The highest BCUT2D eigenvalue weighted by Gasteiger charge is 2.30. The summed E-state index contributed by atoms with van der Waals surface area (Å²) in [7, 11) is 0. The monoisotopic (exact) mass is 485 g/mol. The van der Waals surface area contributed by atoms with Crippen molar-refractivity contribution in [3.05, 3.63) is 59.2 Å². The van der Waals surface area contributed by atoms with E-state index in [2.05, 4.69) is 15.4 Å². The van der Waals surface area contributed by atoms with Crippen molar-refractivity contribution in [3.8, 4) is 5.75 Å². The fourth-order valence-corrected chi connectivity index (χ4v) is 4.51. The predicted octanol–water partition coefficient (Wildman–Crippen LogP) is 4.98. The van der Waals surface area contributed by atoms with Gasteiger partial charge in [-0.1, -0.05) is 19.1 Å². The van der Waals surface area contributed by atoms with Gasteiger partial charge in [0.1, 0.15) is 11.9 Å². The summed E-state index contributed by atoms with van der Waals surface area (Å²) in [4.78, 5) is 24.0. The Balaban J connectivity index is 0.00000324. The van der Waals surface area contributed by atoms with Crippen molar-refractivity contribution >= 4 is 36.2 Å². The summed E-state index contributed by atoms with van der Waals surface area (Å²) in [6.45, 7) is 4.00. The number of benzene rings is 2. The van der Waals surface area contributed by atoms with Gasteiger partial charge in [0.15, 0.2) is 0 Å². The van der Waals surface area contributed by atoms with E-state index in [-0.39, 0.29) is 36.8 Å². The van der Waals surface area contributed by atoms with Gasteiger partial charge in [0.2, 0.25) is 0 Å². The fourth-order valence-electron chi connectivity index (χ4n) is 4.51. The van der Waals surface area contributed by atoms with Crippen LogP contribution in [0.1, 0.15) is 60.5 Å². The van der Waals surface area contributed by atoms with E-state index in [1.54, 1.807) is 12.1 Å². The zero-order valence-corrected chi connectivity index (χ0v) is 20.2. The number of carbonyl (C=O) groups is 2. The molecule has 2 aliphatic heterocycles. The van der Waals surface area contributed by atoms with Crippen molar-refractivity contribution < 1.29 is 19.4 Å². The molecule has 0 aromatic heterocycles. The molecule has 182 valence electrons. The van der Waals surface area contributed by atoms with Crippen LogP contribution in [0.3, 0.4) is 0 Å². The molecule has 2 unspecified atom stereocenters. The molecule has 8 heteroatoms. The molecule has 0 radical (unpaired) electrons. The Morgan fingerprint density at radius 1 is 1.15 bits per heavy atom. The van der Waals surface area contributed by atoms with Gasteiger partial charge in [-0.05, 0) is 73.6 Å². The van der Waals surface area contributed by atoms with Crippen molar-refractivity contribution in [2.24, 2.45) is 11.0 Å². The number of carboxylic acids is 1. The second-order valence-electron chi connectivity index (χ2n) is 8.78. The van der Waals surface area contributed by atoms with Crippen LogP contribution < -0.4 is 10.1 Å². The van der Waals surface area contributed by atoms with Gasteiger partial charge in [-0.15, -0.1) is 12.4 Å². The van der Waals surface area contributed by atoms with Gasteiger partial charge in [-0.25, -0.2) is 0 Å².